The lowest BCUT2D eigenvalue weighted by molar-refractivity contribution is -0.143. The van der Waals surface area contributed by atoms with Gasteiger partial charge in [0.05, 0.1) is 12.5 Å². The van der Waals surface area contributed by atoms with Crippen molar-refractivity contribution in [1.82, 2.24) is 16.0 Å². The largest absolute Gasteiger partial charge is 0.480 e. The van der Waals surface area contributed by atoms with Crippen LogP contribution in [0.5, 0.6) is 0 Å². The molecule has 0 aromatic heterocycles. The molecular weight excluding hydrogens is 444 g/mol. The number of carbonyl (C=O) groups is 5. The summed E-state index contributed by atoms with van der Waals surface area (Å²) < 4.78 is 0. The summed E-state index contributed by atoms with van der Waals surface area (Å²) >= 11 is 0. The van der Waals surface area contributed by atoms with Crippen molar-refractivity contribution >= 4 is 29.6 Å². The average molecular weight is 487 g/mol. The van der Waals surface area contributed by atoms with Gasteiger partial charge in [-0.3, -0.25) is 19.2 Å². The number of carboxylic acid groups (broad SMARTS) is 1. The number of carboxylic acids is 1. The smallest absolute Gasteiger partial charge is 0.326 e. The highest BCUT2D eigenvalue weighted by atomic mass is 16.4. The summed E-state index contributed by atoms with van der Waals surface area (Å²) in [6.07, 6.45) is 1.42. The Labute approximate surface area is 201 Å². The average Bonchev–Trinajstić information content (AvgIpc) is 2.70. The zero-order chi connectivity index (χ0) is 26.4. The number of aliphatic carboxylic acids is 1. The van der Waals surface area contributed by atoms with Crippen molar-refractivity contribution < 1.29 is 29.1 Å². The van der Waals surface area contributed by atoms with Crippen LogP contribution in [0.25, 0.3) is 0 Å². The fraction of sp³-hybridized carbons (Fsp3) is 0.773. The Morgan fingerprint density at radius 3 is 1.74 bits per heavy atom. The Kier molecular flexibility index (Phi) is 14.7. The molecule has 0 aliphatic rings. The predicted molar refractivity (Wildman–Crippen MR) is 127 cm³/mol. The van der Waals surface area contributed by atoms with E-state index in [1.54, 1.807) is 0 Å². The molecule has 4 amide bonds. The first-order chi connectivity index (χ1) is 15.8. The van der Waals surface area contributed by atoms with Crippen LogP contribution in [0.3, 0.4) is 0 Å². The van der Waals surface area contributed by atoms with Crippen molar-refractivity contribution in [2.24, 2.45) is 29.0 Å². The third-order valence-electron chi connectivity index (χ3n) is 5.00. The van der Waals surface area contributed by atoms with E-state index in [2.05, 4.69) is 16.0 Å². The van der Waals surface area contributed by atoms with Crippen molar-refractivity contribution in [3.63, 3.8) is 0 Å². The third kappa shape index (κ3) is 13.1. The molecule has 0 aliphatic carbocycles. The number of carbonyl (C=O) groups excluding carboxylic acids is 4. The van der Waals surface area contributed by atoms with E-state index < -0.39 is 60.2 Å². The Balaban J connectivity index is 5.53. The molecule has 0 saturated heterocycles. The summed E-state index contributed by atoms with van der Waals surface area (Å²) in [6, 6.07) is -4.34. The van der Waals surface area contributed by atoms with Crippen LogP contribution >= 0.6 is 0 Å². The first-order valence-corrected chi connectivity index (χ1v) is 11.7. The van der Waals surface area contributed by atoms with E-state index in [9.17, 15) is 29.1 Å². The molecule has 10 N–H and O–H groups in total. The van der Waals surface area contributed by atoms with Gasteiger partial charge in [-0.2, -0.15) is 0 Å². The maximum atomic E-state index is 13.0. The zero-order valence-corrected chi connectivity index (χ0v) is 20.6. The minimum absolute atomic E-state index is 0.0499. The fourth-order valence-corrected chi connectivity index (χ4v) is 3.30. The van der Waals surface area contributed by atoms with Crippen LogP contribution in [-0.2, 0) is 24.0 Å². The second kappa shape index (κ2) is 16.0. The standard InChI is InChI=1S/C22H42N6O6/c1-12(2)9-14(24)19(30)27-16(10-13(3)4)21(32)26-15(7-5-6-8-23)20(31)28-17(22(33)34)11-18(25)29/h12-17H,5-11,23-24H2,1-4H3,(H2,25,29)(H,26,32)(H,27,30)(H,28,31)(H,33,34). The lowest BCUT2D eigenvalue weighted by Gasteiger charge is -2.26. The number of hydrogen-bond acceptors (Lipinski definition) is 7. The number of rotatable bonds is 17. The normalized spacial score (nSPS) is 14.7. The van der Waals surface area contributed by atoms with Crippen LogP contribution in [0.15, 0.2) is 0 Å². The van der Waals surface area contributed by atoms with Gasteiger partial charge in [0.15, 0.2) is 0 Å². The number of nitrogens with two attached hydrogens (primary N) is 3. The van der Waals surface area contributed by atoms with E-state index >= 15 is 0 Å². The second-order valence-electron chi connectivity index (χ2n) is 9.34. The summed E-state index contributed by atoms with van der Waals surface area (Å²) in [5.41, 5.74) is 16.5. The van der Waals surface area contributed by atoms with Gasteiger partial charge in [0.25, 0.3) is 0 Å². The summed E-state index contributed by atoms with van der Waals surface area (Å²) in [4.78, 5) is 60.9. The molecule has 4 unspecified atom stereocenters. The van der Waals surface area contributed by atoms with Crippen molar-refractivity contribution in [2.45, 2.75) is 90.4 Å². The monoisotopic (exact) mass is 486 g/mol. The first kappa shape index (κ1) is 31.3. The second-order valence-corrected chi connectivity index (χ2v) is 9.34. The Morgan fingerprint density at radius 1 is 0.765 bits per heavy atom. The summed E-state index contributed by atoms with van der Waals surface area (Å²) in [7, 11) is 0. The lowest BCUT2D eigenvalue weighted by atomic mass is 10.00. The molecule has 0 aromatic carbocycles. The number of primary amides is 1. The molecule has 0 saturated carbocycles. The Hall–Kier alpha value is -2.73. The molecule has 0 heterocycles. The minimum Gasteiger partial charge on any atom is -0.480 e. The maximum Gasteiger partial charge on any atom is 0.326 e. The lowest BCUT2D eigenvalue weighted by Crippen LogP contribution is -2.57. The highest BCUT2D eigenvalue weighted by Gasteiger charge is 2.31. The molecule has 0 aromatic rings. The maximum absolute atomic E-state index is 13.0. The molecule has 4 atom stereocenters. The summed E-state index contributed by atoms with van der Waals surface area (Å²) in [6.45, 7) is 8.00. The van der Waals surface area contributed by atoms with Crippen LogP contribution in [0.1, 0.15) is 66.2 Å². The molecule has 0 fully saturated rings. The molecule has 0 aliphatic heterocycles. The van der Waals surface area contributed by atoms with Crippen LogP contribution in [-0.4, -0.2) is 65.4 Å². The van der Waals surface area contributed by atoms with E-state index in [0.29, 0.717) is 32.2 Å². The van der Waals surface area contributed by atoms with E-state index in [4.69, 9.17) is 17.2 Å². The first-order valence-electron chi connectivity index (χ1n) is 11.7. The number of amides is 4. The van der Waals surface area contributed by atoms with E-state index in [-0.39, 0.29) is 18.3 Å². The topological polar surface area (TPSA) is 220 Å². The number of hydrogen-bond donors (Lipinski definition) is 7. The highest BCUT2D eigenvalue weighted by Crippen LogP contribution is 2.09. The van der Waals surface area contributed by atoms with Crippen molar-refractivity contribution in [3.05, 3.63) is 0 Å². The van der Waals surface area contributed by atoms with Gasteiger partial charge in [-0.05, 0) is 50.5 Å². The van der Waals surface area contributed by atoms with Crippen molar-refractivity contribution in [3.8, 4) is 0 Å². The molecule has 34 heavy (non-hydrogen) atoms. The van der Waals surface area contributed by atoms with Gasteiger partial charge in [0, 0.05) is 0 Å². The molecule has 0 spiro atoms. The summed E-state index contributed by atoms with van der Waals surface area (Å²) in [5, 5.41) is 16.8. The molecule has 12 heteroatoms. The fourth-order valence-electron chi connectivity index (χ4n) is 3.30. The van der Waals surface area contributed by atoms with Crippen LogP contribution in [0.2, 0.25) is 0 Å². The van der Waals surface area contributed by atoms with Gasteiger partial charge in [0.2, 0.25) is 23.6 Å². The molecule has 196 valence electrons. The predicted octanol–water partition coefficient (Wildman–Crippen LogP) is -1.05. The quantitative estimate of drug-likeness (QED) is 0.125. The molecule has 12 nitrogen and oxygen atoms in total. The molecular formula is C22H42N6O6. The molecule has 0 bridgehead atoms. The molecule has 0 rings (SSSR count). The highest BCUT2D eigenvalue weighted by molar-refractivity contribution is 5.94. The Bertz CT molecular complexity index is 699. The SMILES string of the molecule is CC(C)CC(N)C(=O)NC(CC(C)C)C(=O)NC(CCCCN)C(=O)NC(CC(N)=O)C(=O)O. The van der Waals surface area contributed by atoms with Crippen LogP contribution < -0.4 is 33.2 Å². The van der Waals surface area contributed by atoms with Crippen molar-refractivity contribution in [2.75, 3.05) is 6.54 Å². The minimum atomic E-state index is -1.53. The van der Waals surface area contributed by atoms with Gasteiger partial charge >= 0.3 is 5.97 Å². The van der Waals surface area contributed by atoms with Crippen LogP contribution in [0.4, 0.5) is 0 Å². The summed E-state index contributed by atoms with van der Waals surface area (Å²) in [5.74, 6) is -3.91. The zero-order valence-electron chi connectivity index (χ0n) is 20.6. The van der Waals surface area contributed by atoms with E-state index in [1.165, 1.54) is 0 Å². The van der Waals surface area contributed by atoms with Gasteiger partial charge < -0.3 is 38.3 Å². The van der Waals surface area contributed by atoms with Crippen LogP contribution in [0, 0.1) is 11.8 Å². The van der Waals surface area contributed by atoms with E-state index in [1.807, 2.05) is 27.7 Å². The van der Waals surface area contributed by atoms with Gasteiger partial charge in [-0.15, -0.1) is 0 Å². The van der Waals surface area contributed by atoms with Gasteiger partial charge in [0.1, 0.15) is 18.1 Å². The van der Waals surface area contributed by atoms with E-state index in [0.717, 1.165) is 0 Å². The number of unbranched alkanes of at least 4 members (excludes halogenated alkanes) is 1. The third-order valence-corrected chi connectivity index (χ3v) is 5.00. The number of nitrogens with one attached hydrogen (secondary N) is 3. The van der Waals surface area contributed by atoms with Crippen molar-refractivity contribution in [1.29, 1.82) is 0 Å². The Morgan fingerprint density at radius 2 is 1.26 bits per heavy atom. The molecule has 0 radical (unpaired) electrons. The van der Waals surface area contributed by atoms with Gasteiger partial charge in [-0.1, -0.05) is 27.7 Å². The van der Waals surface area contributed by atoms with Gasteiger partial charge in [-0.25, -0.2) is 4.79 Å².